The van der Waals surface area contributed by atoms with Crippen LogP contribution in [0.5, 0.6) is 5.75 Å². The van der Waals surface area contributed by atoms with Crippen molar-refractivity contribution in [2.45, 2.75) is 32.3 Å². The van der Waals surface area contributed by atoms with Gasteiger partial charge in [0.1, 0.15) is 11.9 Å². The first-order valence-electron chi connectivity index (χ1n) is 5.72. The second-order valence-corrected chi connectivity index (χ2v) is 3.93. The van der Waals surface area contributed by atoms with Crippen LogP contribution in [-0.2, 0) is 11.2 Å². The molecule has 0 unspecified atom stereocenters. The van der Waals surface area contributed by atoms with Gasteiger partial charge in [-0.05, 0) is 24.1 Å². The molecule has 0 aliphatic carbocycles. The minimum absolute atomic E-state index is 0.339. The third-order valence-corrected chi connectivity index (χ3v) is 2.80. The molecule has 0 aromatic heterocycles. The Hall–Kier alpha value is -1.02. The van der Waals surface area contributed by atoms with E-state index in [9.17, 15) is 0 Å². The van der Waals surface area contributed by atoms with Gasteiger partial charge in [0.15, 0.2) is 0 Å². The Kier molecular flexibility index (Phi) is 3.62. The topological polar surface area (TPSA) is 18.5 Å². The summed E-state index contributed by atoms with van der Waals surface area (Å²) >= 11 is 0. The molecule has 1 heterocycles. The first-order chi connectivity index (χ1) is 7.38. The van der Waals surface area contributed by atoms with Gasteiger partial charge in [-0.1, -0.05) is 19.1 Å². The maximum Gasteiger partial charge on any atom is 0.119 e. The van der Waals surface area contributed by atoms with Crippen molar-refractivity contribution in [2.24, 2.45) is 0 Å². The predicted octanol–water partition coefficient (Wildman–Crippen LogP) is 2.81. The summed E-state index contributed by atoms with van der Waals surface area (Å²) < 4.78 is 11.2. The lowest BCUT2D eigenvalue weighted by atomic mass is 10.1. The zero-order valence-corrected chi connectivity index (χ0v) is 9.24. The summed E-state index contributed by atoms with van der Waals surface area (Å²) in [6, 6.07) is 8.39. The number of rotatable bonds is 3. The van der Waals surface area contributed by atoms with Gasteiger partial charge >= 0.3 is 0 Å². The number of hydrogen-bond acceptors (Lipinski definition) is 2. The molecule has 0 atom stereocenters. The van der Waals surface area contributed by atoms with Gasteiger partial charge in [-0.2, -0.15) is 0 Å². The molecule has 0 amide bonds. The van der Waals surface area contributed by atoms with E-state index in [4.69, 9.17) is 9.47 Å². The van der Waals surface area contributed by atoms with Crippen molar-refractivity contribution >= 4 is 0 Å². The number of aryl methyl sites for hydroxylation is 1. The van der Waals surface area contributed by atoms with Gasteiger partial charge in [-0.3, -0.25) is 0 Å². The van der Waals surface area contributed by atoms with Gasteiger partial charge in [0, 0.05) is 12.8 Å². The van der Waals surface area contributed by atoms with Gasteiger partial charge in [-0.15, -0.1) is 0 Å². The summed E-state index contributed by atoms with van der Waals surface area (Å²) in [7, 11) is 0. The van der Waals surface area contributed by atoms with Crippen LogP contribution in [-0.4, -0.2) is 19.3 Å². The largest absolute Gasteiger partial charge is 0.490 e. The van der Waals surface area contributed by atoms with E-state index >= 15 is 0 Å². The number of ether oxygens (including phenoxy) is 2. The summed E-state index contributed by atoms with van der Waals surface area (Å²) in [4.78, 5) is 0. The zero-order valence-electron chi connectivity index (χ0n) is 9.24. The highest BCUT2D eigenvalue weighted by Crippen LogP contribution is 2.18. The van der Waals surface area contributed by atoms with Crippen molar-refractivity contribution in [3.8, 4) is 5.75 Å². The normalized spacial score (nSPS) is 17.7. The average molecular weight is 206 g/mol. The van der Waals surface area contributed by atoms with Crippen LogP contribution < -0.4 is 4.74 Å². The van der Waals surface area contributed by atoms with Crippen molar-refractivity contribution in [3.63, 3.8) is 0 Å². The SMILES string of the molecule is CCc1ccc(OC2CCOCC2)cc1. The Morgan fingerprint density at radius 2 is 1.87 bits per heavy atom. The van der Waals surface area contributed by atoms with Crippen LogP contribution in [0.4, 0.5) is 0 Å². The molecule has 1 aromatic carbocycles. The summed E-state index contributed by atoms with van der Waals surface area (Å²) in [6.45, 7) is 3.82. The lowest BCUT2D eigenvalue weighted by Gasteiger charge is -2.23. The van der Waals surface area contributed by atoms with E-state index in [1.54, 1.807) is 0 Å². The van der Waals surface area contributed by atoms with Crippen molar-refractivity contribution < 1.29 is 9.47 Å². The number of benzene rings is 1. The molecule has 82 valence electrons. The third-order valence-electron chi connectivity index (χ3n) is 2.80. The van der Waals surface area contributed by atoms with Crippen LogP contribution in [0.2, 0.25) is 0 Å². The standard InChI is InChI=1S/C13H18O2/c1-2-11-3-5-12(6-4-11)15-13-7-9-14-10-8-13/h3-6,13H,2,7-10H2,1H3. The Balaban J connectivity index is 1.91. The van der Waals surface area contributed by atoms with Crippen LogP contribution in [0.15, 0.2) is 24.3 Å². The van der Waals surface area contributed by atoms with E-state index in [0.717, 1.165) is 38.2 Å². The average Bonchev–Trinajstić information content (AvgIpc) is 2.31. The van der Waals surface area contributed by atoms with Crippen LogP contribution in [0, 0.1) is 0 Å². The quantitative estimate of drug-likeness (QED) is 0.757. The molecule has 0 bridgehead atoms. The second-order valence-electron chi connectivity index (χ2n) is 3.93. The maximum absolute atomic E-state index is 5.87. The van der Waals surface area contributed by atoms with Crippen LogP contribution >= 0.6 is 0 Å². The fourth-order valence-electron chi connectivity index (χ4n) is 1.79. The fraction of sp³-hybridized carbons (Fsp3) is 0.538. The molecule has 0 saturated carbocycles. The molecule has 15 heavy (non-hydrogen) atoms. The fourth-order valence-corrected chi connectivity index (χ4v) is 1.79. The lowest BCUT2D eigenvalue weighted by Crippen LogP contribution is -2.25. The molecule has 0 N–H and O–H groups in total. The second kappa shape index (κ2) is 5.17. The maximum atomic E-state index is 5.87. The first kappa shape index (κ1) is 10.5. The number of hydrogen-bond donors (Lipinski definition) is 0. The van der Waals surface area contributed by atoms with Crippen molar-refractivity contribution in [3.05, 3.63) is 29.8 Å². The molecule has 0 spiro atoms. The third kappa shape index (κ3) is 2.96. The summed E-state index contributed by atoms with van der Waals surface area (Å²) in [5.74, 6) is 0.985. The lowest BCUT2D eigenvalue weighted by molar-refractivity contribution is 0.0255. The molecule has 1 fully saturated rings. The van der Waals surface area contributed by atoms with E-state index in [-0.39, 0.29) is 0 Å². The zero-order chi connectivity index (χ0) is 10.5. The van der Waals surface area contributed by atoms with Crippen LogP contribution in [0.3, 0.4) is 0 Å². The molecule has 2 rings (SSSR count). The van der Waals surface area contributed by atoms with Crippen molar-refractivity contribution in [1.29, 1.82) is 0 Å². The van der Waals surface area contributed by atoms with Crippen LogP contribution in [0.1, 0.15) is 25.3 Å². The molecule has 2 nitrogen and oxygen atoms in total. The Labute approximate surface area is 91.2 Å². The molecule has 1 aliphatic rings. The van der Waals surface area contributed by atoms with E-state index < -0.39 is 0 Å². The van der Waals surface area contributed by atoms with E-state index in [0.29, 0.717) is 6.10 Å². The minimum atomic E-state index is 0.339. The van der Waals surface area contributed by atoms with Crippen molar-refractivity contribution in [2.75, 3.05) is 13.2 Å². The molecular weight excluding hydrogens is 188 g/mol. The molecule has 1 aliphatic heterocycles. The van der Waals surface area contributed by atoms with Gasteiger partial charge in [0.25, 0.3) is 0 Å². The van der Waals surface area contributed by atoms with Gasteiger partial charge in [-0.25, -0.2) is 0 Å². The Morgan fingerprint density at radius 1 is 1.20 bits per heavy atom. The summed E-state index contributed by atoms with van der Waals surface area (Å²) in [6.07, 6.45) is 3.44. The van der Waals surface area contributed by atoms with E-state index in [1.807, 2.05) is 0 Å². The van der Waals surface area contributed by atoms with Gasteiger partial charge in [0.05, 0.1) is 13.2 Å². The smallest absolute Gasteiger partial charge is 0.119 e. The first-order valence-corrected chi connectivity index (χ1v) is 5.72. The molecule has 1 aromatic rings. The van der Waals surface area contributed by atoms with Crippen LogP contribution in [0.25, 0.3) is 0 Å². The Bertz CT molecular complexity index is 286. The van der Waals surface area contributed by atoms with Gasteiger partial charge < -0.3 is 9.47 Å². The minimum Gasteiger partial charge on any atom is -0.490 e. The highest BCUT2D eigenvalue weighted by molar-refractivity contribution is 5.27. The molecule has 1 saturated heterocycles. The summed E-state index contributed by atoms with van der Waals surface area (Å²) in [5.41, 5.74) is 1.36. The highest BCUT2D eigenvalue weighted by Gasteiger charge is 2.14. The van der Waals surface area contributed by atoms with E-state index in [1.165, 1.54) is 5.56 Å². The Morgan fingerprint density at radius 3 is 2.47 bits per heavy atom. The summed E-state index contributed by atoms with van der Waals surface area (Å²) in [5, 5.41) is 0. The van der Waals surface area contributed by atoms with Crippen molar-refractivity contribution in [1.82, 2.24) is 0 Å². The van der Waals surface area contributed by atoms with Gasteiger partial charge in [0.2, 0.25) is 0 Å². The monoisotopic (exact) mass is 206 g/mol. The highest BCUT2D eigenvalue weighted by atomic mass is 16.5. The molecular formula is C13H18O2. The molecule has 0 radical (unpaired) electrons. The van der Waals surface area contributed by atoms with E-state index in [2.05, 4.69) is 31.2 Å². The molecule has 2 heteroatoms. The predicted molar refractivity (Wildman–Crippen MR) is 60.3 cm³/mol.